The van der Waals surface area contributed by atoms with E-state index in [1.54, 1.807) is 31.6 Å². The van der Waals surface area contributed by atoms with Crippen LogP contribution in [0.15, 0.2) is 64.0 Å². The van der Waals surface area contributed by atoms with Gasteiger partial charge in [0.1, 0.15) is 11.4 Å². The Morgan fingerprint density at radius 1 is 1.19 bits per heavy atom. The quantitative estimate of drug-likeness (QED) is 0.701. The van der Waals surface area contributed by atoms with Crippen LogP contribution in [0.3, 0.4) is 0 Å². The first-order chi connectivity index (χ1) is 12.7. The fraction of sp³-hybridized carbons (Fsp3) is 0.211. The molecular weight excluding hydrogens is 334 g/mol. The first-order valence-electron chi connectivity index (χ1n) is 8.18. The van der Waals surface area contributed by atoms with E-state index in [1.807, 2.05) is 24.3 Å². The molecule has 0 saturated heterocycles. The van der Waals surface area contributed by atoms with Crippen molar-refractivity contribution in [1.29, 1.82) is 0 Å². The van der Waals surface area contributed by atoms with Gasteiger partial charge >= 0.3 is 0 Å². The monoisotopic (exact) mass is 353 g/mol. The Morgan fingerprint density at radius 2 is 2.04 bits per heavy atom. The summed E-state index contributed by atoms with van der Waals surface area (Å²) in [5.41, 5.74) is 1.14. The van der Waals surface area contributed by atoms with Gasteiger partial charge in [0, 0.05) is 18.2 Å². The minimum Gasteiger partial charge on any atom is -0.496 e. The Hall–Kier alpha value is -3.35. The standard InChI is InChI=1S/C19H19N3O4/c1-25-16-6-3-2-5-14(16)13-18(23)20-10-11-22-19(24)9-8-15(21-22)17-7-4-12-26-17/h2-9,12H,10-11,13H2,1H3,(H,20,23). The van der Waals surface area contributed by atoms with Gasteiger partial charge < -0.3 is 14.5 Å². The van der Waals surface area contributed by atoms with Crippen LogP contribution in [0.5, 0.6) is 5.75 Å². The largest absolute Gasteiger partial charge is 0.496 e. The van der Waals surface area contributed by atoms with Crippen molar-refractivity contribution in [2.45, 2.75) is 13.0 Å². The van der Waals surface area contributed by atoms with Crippen molar-refractivity contribution in [3.63, 3.8) is 0 Å². The highest BCUT2D eigenvalue weighted by Crippen LogP contribution is 2.17. The number of ether oxygens (including phenoxy) is 1. The Balaban J connectivity index is 1.58. The Bertz CT molecular complexity index is 932. The fourth-order valence-electron chi connectivity index (χ4n) is 2.55. The molecule has 3 rings (SSSR count). The van der Waals surface area contributed by atoms with Gasteiger partial charge in [0.15, 0.2) is 5.76 Å². The van der Waals surface area contributed by atoms with Crippen molar-refractivity contribution in [3.8, 4) is 17.2 Å². The maximum atomic E-state index is 12.1. The maximum Gasteiger partial charge on any atom is 0.266 e. The number of nitrogens with zero attached hydrogens (tertiary/aromatic N) is 2. The molecule has 134 valence electrons. The number of methoxy groups -OCH3 is 1. The van der Waals surface area contributed by atoms with E-state index in [-0.39, 0.29) is 24.4 Å². The van der Waals surface area contributed by atoms with Gasteiger partial charge in [-0.1, -0.05) is 18.2 Å². The molecule has 0 unspecified atom stereocenters. The molecule has 0 radical (unpaired) electrons. The van der Waals surface area contributed by atoms with Crippen LogP contribution in [0.25, 0.3) is 11.5 Å². The summed E-state index contributed by atoms with van der Waals surface area (Å²) >= 11 is 0. The van der Waals surface area contributed by atoms with Crippen molar-refractivity contribution in [1.82, 2.24) is 15.1 Å². The number of benzene rings is 1. The summed E-state index contributed by atoms with van der Waals surface area (Å²) in [6.45, 7) is 0.563. The van der Waals surface area contributed by atoms with Crippen molar-refractivity contribution in [2.24, 2.45) is 0 Å². The Kier molecular flexibility index (Phi) is 5.48. The van der Waals surface area contributed by atoms with E-state index in [9.17, 15) is 9.59 Å². The van der Waals surface area contributed by atoms with Gasteiger partial charge in [-0.2, -0.15) is 5.10 Å². The minimum atomic E-state index is -0.237. The molecule has 3 aromatic rings. The lowest BCUT2D eigenvalue weighted by Crippen LogP contribution is -2.32. The van der Waals surface area contributed by atoms with E-state index in [2.05, 4.69) is 10.4 Å². The lowest BCUT2D eigenvalue weighted by atomic mass is 10.1. The molecule has 0 saturated carbocycles. The van der Waals surface area contributed by atoms with Crippen LogP contribution in [-0.4, -0.2) is 29.3 Å². The number of carbonyl (C=O) groups is 1. The molecule has 1 N–H and O–H groups in total. The molecule has 0 aliphatic rings. The summed E-state index contributed by atoms with van der Waals surface area (Å²) in [6.07, 6.45) is 1.75. The molecule has 1 aromatic carbocycles. The lowest BCUT2D eigenvalue weighted by molar-refractivity contribution is -0.120. The van der Waals surface area contributed by atoms with E-state index in [1.165, 1.54) is 10.7 Å². The van der Waals surface area contributed by atoms with Crippen LogP contribution in [-0.2, 0) is 17.8 Å². The zero-order chi connectivity index (χ0) is 18.4. The second kappa shape index (κ2) is 8.15. The normalized spacial score (nSPS) is 10.5. The molecule has 0 aliphatic heterocycles. The molecule has 0 aliphatic carbocycles. The van der Waals surface area contributed by atoms with E-state index in [0.29, 0.717) is 23.7 Å². The third-order valence-electron chi connectivity index (χ3n) is 3.83. The van der Waals surface area contributed by atoms with Crippen LogP contribution in [0.2, 0.25) is 0 Å². The second-order valence-corrected chi connectivity index (χ2v) is 5.60. The molecule has 0 fully saturated rings. The Labute approximate surface area is 150 Å². The average molecular weight is 353 g/mol. The van der Waals surface area contributed by atoms with E-state index >= 15 is 0 Å². The number of rotatable bonds is 7. The summed E-state index contributed by atoms with van der Waals surface area (Å²) < 4.78 is 11.8. The van der Waals surface area contributed by atoms with Gasteiger partial charge in [-0.05, 0) is 24.3 Å². The molecule has 7 heteroatoms. The van der Waals surface area contributed by atoms with Crippen LogP contribution < -0.4 is 15.6 Å². The molecule has 0 bridgehead atoms. The predicted octanol–water partition coefficient (Wildman–Crippen LogP) is 1.87. The van der Waals surface area contributed by atoms with E-state index in [0.717, 1.165) is 5.56 Å². The number of furan rings is 1. The fourth-order valence-corrected chi connectivity index (χ4v) is 2.55. The van der Waals surface area contributed by atoms with Crippen molar-refractivity contribution < 1.29 is 13.9 Å². The van der Waals surface area contributed by atoms with Crippen molar-refractivity contribution in [2.75, 3.05) is 13.7 Å². The first kappa shape index (κ1) is 17.5. The number of para-hydroxylation sites is 1. The van der Waals surface area contributed by atoms with E-state index < -0.39 is 0 Å². The van der Waals surface area contributed by atoms with Gasteiger partial charge in [-0.15, -0.1) is 0 Å². The van der Waals surface area contributed by atoms with Crippen molar-refractivity contribution in [3.05, 3.63) is 70.7 Å². The molecule has 7 nitrogen and oxygen atoms in total. The minimum absolute atomic E-state index is 0.148. The highest BCUT2D eigenvalue weighted by Gasteiger charge is 2.09. The summed E-state index contributed by atoms with van der Waals surface area (Å²) in [5, 5.41) is 7.06. The number of aromatic nitrogens is 2. The van der Waals surface area contributed by atoms with Gasteiger partial charge in [-0.25, -0.2) is 4.68 Å². The van der Waals surface area contributed by atoms with Crippen LogP contribution in [0.1, 0.15) is 5.56 Å². The molecular formula is C19H19N3O4. The van der Waals surface area contributed by atoms with Gasteiger partial charge in [0.2, 0.25) is 5.91 Å². The molecule has 0 spiro atoms. The molecule has 26 heavy (non-hydrogen) atoms. The summed E-state index contributed by atoms with van der Waals surface area (Å²) in [4.78, 5) is 24.1. The topological polar surface area (TPSA) is 86.4 Å². The summed E-state index contributed by atoms with van der Waals surface area (Å²) in [7, 11) is 1.57. The number of carbonyl (C=O) groups excluding carboxylic acids is 1. The average Bonchev–Trinajstić information content (AvgIpc) is 3.18. The molecule has 0 atom stereocenters. The SMILES string of the molecule is COc1ccccc1CC(=O)NCCn1nc(-c2ccco2)ccc1=O. The van der Waals surface area contributed by atoms with E-state index in [4.69, 9.17) is 9.15 Å². The number of hydrogen-bond acceptors (Lipinski definition) is 5. The van der Waals surface area contributed by atoms with Crippen LogP contribution >= 0.6 is 0 Å². The number of nitrogens with one attached hydrogen (secondary N) is 1. The second-order valence-electron chi connectivity index (χ2n) is 5.60. The molecule has 2 heterocycles. The van der Waals surface area contributed by atoms with Crippen molar-refractivity contribution >= 4 is 5.91 Å². The smallest absolute Gasteiger partial charge is 0.266 e. The third kappa shape index (κ3) is 4.18. The molecule has 1 amide bonds. The zero-order valence-electron chi connectivity index (χ0n) is 14.3. The van der Waals surface area contributed by atoms with Gasteiger partial charge in [-0.3, -0.25) is 9.59 Å². The highest BCUT2D eigenvalue weighted by molar-refractivity contribution is 5.79. The van der Waals surface area contributed by atoms with Crippen LogP contribution in [0.4, 0.5) is 0 Å². The summed E-state index contributed by atoms with van der Waals surface area (Å²) in [6, 6.07) is 13.9. The summed E-state index contributed by atoms with van der Waals surface area (Å²) in [5.74, 6) is 1.11. The highest BCUT2D eigenvalue weighted by atomic mass is 16.5. The van der Waals surface area contributed by atoms with Gasteiger partial charge in [0.25, 0.3) is 5.56 Å². The van der Waals surface area contributed by atoms with Gasteiger partial charge in [0.05, 0.1) is 26.3 Å². The number of hydrogen-bond donors (Lipinski definition) is 1. The molecule has 2 aromatic heterocycles. The third-order valence-corrected chi connectivity index (χ3v) is 3.83. The first-order valence-corrected chi connectivity index (χ1v) is 8.18. The lowest BCUT2D eigenvalue weighted by Gasteiger charge is -2.10. The predicted molar refractivity (Wildman–Crippen MR) is 95.9 cm³/mol. The zero-order valence-corrected chi connectivity index (χ0v) is 14.3. The Morgan fingerprint density at radius 3 is 2.81 bits per heavy atom. The van der Waals surface area contributed by atoms with Crippen LogP contribution in [0, 0.1) is 0 Å². The number of amides is 1. The maximum absolute atomic E-state index is 12.1.